The number of anilines is 2. The Kier molecular flexibility index (Phi) is 2.87. The van der Waals surface area contributed by atoms with E-state index in [1.165, 1.54) is 6.33 Å². The van der Waals surface area contributed by atoms with Gasteiger partial charge in [-0.2, -0.15) is 0 Å². The topological polar surface area (TPSA) is 70.7 Å². The average molecular weight is 237 g/mol. The lowest BCUT2D eigenvalue weighted by molar-refractivity contribution is 1.12. The molecule has 0 spiro atoms. The third kappa shape index (κ3) is 2.20. The second-order valence-electron chi connectivity index (χ2n) is 3.21. The molecule has 0 unspecified atom stereocenters. The summed E-state index contributed by atoms with van der Waals surface area (Å²) in [4.78, 5) is 21.6. The van der Waals surface area contributed by atoms with E-state index in [0.717, 1.165) is 11.4 Å². The summed E-state index contributed by atoms with van der Waals surface area (Å²) in [5, 5.41) is 2.95. The summed E-state index contributed by atoms with van der Waals surface area (Å²) < 4.78 is 0. The molecule has 0 aliphatic heterocycles. The monoisotopic (exact) mass is 236 g/mol. The molecule has 2 rings (SSSR count). The van der Waals surface area contributed by atoms with E-state index in [1.54, 1.807) is 6.20 Å². The van der Waals surface area contributed by atoms with Gasteiger partial charge >= 0.3 is 0 Å². The zero-order valence-corrected chi connectivity index (χ0v) is 9.25. The smallest absolute Gasteiger partial charge is 0.271 e. The van der Waals surface area contributed by atoms with Gasteiger partial charge in [0.05, 0.1) is 18.2 Å². The van der Waals surface area contributed by atoms with E-state index in [0.29, 0.717) is 5.82 Å². The van der Waals surface area contributed by atoms with Crippen LogP contribution in [0.3, 0.4) is 0 Å². The van der Waals surface area contributed by atoms with Crippen molar-refractivity contribution in [1.82, 2.24) is 15.0 Å². The fourth-order valence-corrected chi connectivity index (χ4v) is 1.30. The van der Waals surface area contributed by atoms with Gasteiger partial charge in [-0.25, -0.2) is 4.98 Å². The van der Waals surface area contributed by atoms with Crippen molar-refractivity contribution in [2.24, 2.45) is 0 Å². The Morgan fingerprint density at radius 2 is 2.19 bits per heavy atom. The summed E-state index contributed by atoms with van der Waals surface area (Å²) in [7, 11) is 0. The highest BCUT2D eigenvalue weighted by molar-refractivity contribution is 6.32. The molecule has 2 aromatic rings. The fraction of sp³-hybridized carbons (Fsp3) is 0.100. The molecule has 6 heteroatoms. The van der Waals surface area contributed by atoms with Gasteiger partial charge in [-0.1, -0.05) is 11.6 Å². The number of H-pyrrole nitrogens is 1. The van der Waals surface area contributed by atoms with E-state index in [-0.39, 0.29) is 10.6 Å². The highest BCUT2D eigenvalue weighted by atomic mass is 35.5. The van der Waals surface area contributed by atoms with E-state index in [2.05, 4.69) is 20.3 Å². The first kappa shape index (κ1) is 10.6. The number of aromatic amines is 1. The van der Waals surface area contributed by atoms with Crippen LogP contribution in [0, 0.1) is 6.92 Å². The van der Waals surface area contributed by atoms with Gasteiger partial charge in [-0.15, -0.1) is 0 Å². The van der Waals surface area contributed by atoms with Crippen LogP contribution in [0.4, 0.5) is 11.5 Å². The molecule has 0 saturated heterocycles. The number of rotatable bonds is 2. The molecule has 82 valence electrons. The lowest BCUT2D eigenvalue weighted by Gasteiger charge is -2.05. The number of aromatic nitrogens is 3. The maximum absolute atomic E-state index is 11.2. The molecule has 2 aromatic heterocycles. The average Bonchev–Trinajstić information content (AvgIpc) is 2.28. The number of halogens is 1. The second kappa shape index (κ2) is 4.32. The molecule has 0 fully saturated rings. The van der Waals surface area contributed by atoms with Gasteiger partial charge in [0.15, 0.2) is 5.82 Å². The Labute approximate surface area is 96.5 Å². The van der Waals surface area contributed by atoms with Crippen molar-refractivity contribution in [2.45, 2.75) is 6.92 Å². The van der Waals surface area contributed by atoms with Crippen molar-refractivity contribution in [3.8, 4) is 0 Å². The second-order valence-corrected chi connectivity index (χ2v) is 3.59. The van der Waals surface area contributed by atoms with Crippen LogP contribution in [0.1, 0.15) is 5.69 Å². The number of aryl methyl sites for hydroxylation is 1. The Morgan fingerprint density at radius 3 is 2.88 bits per heavy atom. The first-order chi connectivity index (χ1) is 7.66. The predicted molar refractivity (Wildman–Crippen MR) is 62.1 cm³/mol. The van der Waals surface area contributed by atoms with Gasteiger partial charge in [0.2, 0.25) is 0 Å². The van der Waals surface area contributed by atoms with Crippen LogP contribution in [0.5, 0.6) is 0 Å². The first-order valence-electron chi connectivity index (χ1n) is 4.59. The molecule has 2 heterocycles. The molecule has 0 bridgehead atoms. The lowest BCUT2D eigenvalue weighted by atomic mass is 10.3. The van der Waals surface area contributed by atoms with E-state index in [1.807, 2.05) is 19.1 Å². The highest BCUT2D eigenvalue weighted by Crippen LogP contribution is 2.18. The van der Waals surface area contributed by atoms with Crippen molar-refractivity contribution in [2.75, 3.05) is 5.32 Å². The van der Waals surface area contributed by atoms with Crippen molar-refractivity contribution in [1.29, 1.82) is 0 Å². The number of hydrogen-bond acceptors (Lipinski definition) is 4. The minimum absolute atomic E-state index is 0.0306. The normalized spacial score (nSPS) is 10.1. The molecule has 5 nitrogen and oxygen atoms in total. The molecule has 0 aliphatic rings. The predicted octanol–water partition coefficient (Wildman–Crippen LogP) is 1.87. The summed E-state index contributed by atoms with van der Waals surface area (Å²) in [6.07, 6.45) is 2.94. The van der Waals surface area contributed by atoms with Crippen molar-refractivity contribution < 1.29 is 0 Å². The van der Waals surface area contributed by atoms with E-state index >= 15 is 0 Å². The van der Waals surface area contributed by atoms with Crippen LogP contribution in [0.15, 0.2) is 29.5 Å². The summed E-state index contributed by atoms with van der Waals surface area (Å²) in [6.45, 7) is 1.89. The summed E-state index contributed by atoms with van der Waals surface area (Å²) in [5.41, 5.74) is 1.26. The molecule has 0 amide bonds. The van der Waals surface area contributed by atoms with Crippen molar-refractivity contribution >= 4 is 23.1 Å². The van der Waals surface area contributed by atoms with Gasteiger partial charge in [0, 0.05) is 5.69 Å². The Hall–Kier alpha value is -1.88. The van der Waals surface area contributed by atoms with Crippen LogP contribution in [0.2, 0.25) is 5.02 Å². The Balaban J connectivity index is 2.30. The largest absolute Gasteiger partial charge is 0.338 e. The number of nitrogens with one attached hydrogen (secondary N) is 2. The zero-order valence-electron chi connectivity index (χ0n) is 8.49. The van der Waals surface area contributed by atoms with Crippen LogP contribution in [-0.4, -0.2) is 15.0 Å². The van der Waals surface area contributed by atoms with Crippen molar-refractivity contribution in [3.05, 3.63) is 45.7 Å². The molecule has 16 heavy (non-hydrogen) atoms. The van der Waals surface area contributed by atoms with Crippen LogP contribution < -0.4 is 10.9 Å². The SMILES string of the molecule is Cc1ccc(Nc2nc[nH]c(=O)c2Cl)cn1. The van der Waals surface area contributed by atoms with Crippen LogP contribution in [0.25, 0.3) is 0 Å². The number of hydrogen-bond donors (Lipinski definition) is 2. The quantitative estimate of drug-likeness (QED) is 0.835. The van der Waals surface area contributed by atoms with Crippen LogP contribution in [-0.2, 0) is 0 Å². The minimum Gasteiger partial charge on any atom is -0.338 e. The zero-order chi connectivity index (χ0) is 11.5. The van der Waals surface area contributed by atoms with E-state index in [9.17, 15) is 4.79 Å². The molecule has 0 saturated carbocycles. The first-order valence-corrected chi connectivity index (χ1v) is 4.97. The Bertz CT molecular complexity index is 549. The molecular formula is C10H9ClN4O. The van der Waals surface area contributed by atoms with Gasteiger partial charge in [-0.3, -0.25) is 9.78 Å². The standard InChI is InChI=1S/C10H9ClN4O/c1-6-2-3-7(4-12-6)15-9-8(11)10(16)14-5-13-9/h2-5H,1H3,(H2,13,14,15,16). The summed E-state index contributed by atoms with van der Waals surface area (Å²) in [6, 6.07) is 3.69. The van der Waals surface area contributed by atoms with Crippen molar-refractivity contribution in [3.63, 3.8) is 0 Å². The van der Waals surface area contributed by atoms with Gasteiger partial charge in [0.25, 0.3) is 5.56 Å². The summed E-state index contributed by atoms with van der Waals surface area (Å²) in [5.74, 6) is 0.316. The van der Waals surface area contributed by atoms with E-state index < -0.39 is 0 Å². The van der Waals surface area contributed by atoms with Gasteiger partial charge < -0.3 is 10.3 Å². The fourth-order valence-electron chi connectivity index (χ4n) is 1.15. The lowest BCUT2D eigenvalue weighted by Crippen LogP contribution is -2.09. The molecular weight excluding hydrogens is 228 g/mol. The maximum atomic E-state index is 11.2. The highest BCUT2D eigenvalue weighted by Gasteiger charge is 2.05. The third-order valence-electron chi connectivity index (χ3n) is 1.97. The maximum Gasteiger partial charge on any atom is 0.271 e. The van der Waals surface area contributed by atoms with Crippen LogP contribution >= 0.6 is 11.6 Å². The minimum atomic E-state index is -0.376. The van der Waals surface area contributed by atoms with Gasteiger partial charge in [0.1, 0.15) is 5.02 Å². The molecule has 0 atom stereocenters. The summed E-state index contributed by atoms with van der Waals surface area (Å²) >= 11 is 5.79. The molecule has 0 aliphatic carbocycles. The molecule has 0 radical (unpaired) electrons. The number of nitrogens with zero attached hydrogens (tertiary/aromatic N) is 2. The third-order valence-corrected chi connectivity index (χ3v) is 2.32. The van der Waals surface area contributed by atoms with E-state index in [4.69, 9.17) is 11.6 Å². The van der Waals surface area contributed by atoms with Gasteiger partial charge in [-0.05, 0) is 19.1 Å². The molecule has 2 N–H and O–H groups in total. The Morgan fingerprint density at radius 1 is 1.38 bits per heavy atom. The number of pyridine rings is 1. The molecule has 0 aromatic carbocycles.